The number of aromatic amines is 1. The molecule has 0 spiro atoms. The average molecular weight is 497 g/mol. The highest BCUT2D eigenvalue weighted by Gasteiger charge is 2.12. The Balaban J connectivity index is 1.28. The number of hydrogen-bond acceptors (Lipinski definition) is 8. The number of imidazole rings is 1. The number of carbonyl (C=O) groups is 1. The third-order valence-electron chi connectivity index (χ3n) is 6.23. The number of fused-ring (bicyclic) bond motifs is 1. The van der Waals surface area contributed by atoms with E-state index in [1.807, 2.05) is 47.0 Å². The smallest absolute Gasteiger partial charge is 0.251 e. The molecule has 0 radical (unpaired) electrons. The van der Waals surface area contributed by atoms with Crippen molar-refractivity contribution in [2.45, 2.75) is 13.8 Å². The topological polar surface area (TPSA) is 129 Å². The van der Waals surface area contributed by atoms with Crippen LogP contribution in [0.2, 0.25) is 0 Å². The molecule has 0 fully saturated rings. The van der Waals surface area contributed by atoms with Crippen LogP contribution in [0.3, 0.4) is 0 Å². The van der Waals surface area contributed by atoms with E-state index in [4.69, 9.17) is 0 Å². The Morgan fingerprint density at radius 2 is 1.76 bits per heavy atom. The van der Waals surface area contributed by atoms with Crippen LogP contribution in [-0.2, 0) is 0 Å². The van der Waals surface area contributed by atoms with Crippen LogP contribution in [0.4, 0.5) is 11.5 Å². The molecule has 3 N–H and O–H groups in total. The zero-order chi connectivity index (χ0) is 25.6. The summed E-state index contributed by atoms with van der Waals surface area (Å²) in [5.74, 6) is 1.08. The number of amides is 1. The first-order valence-electron chi connectivity index (χ1n) is 12.2. The lowest BCUT2D eigenvalue weighted by Crippen LogP contribution is -2.34. The normalized spacial score (nSPS) is 11.2. The lowest BCUT2D eigenvalue weighted by molar-refractivity contribution is 0.0949. The average Bonchev–Trinajstić information content (AvgIpc) is 3.65. The summed E-state index contributed by atoms with van der Waals surface area (Å²) in [7, 11) is 0. The van der Waals surface area contributed by atoms with Crippen LogP contribution in [0.15, 0.2) is 67.1 Å². The molecule has 0 atom stereocenters. The number of anilines is 2. The number of rotatable bonds is 10. The second-order valence-electron chi connectivity index (χ2n) is 8.41. The molecule has 0 aliphatic rings. The van der Waals surface area contributed by atoms with Crippen LogP contribution in [0.5, 0.6) is 0 Å². The van der Waals surface area contributed by atoms with Gasteiger partial charge in [0.25, 0.3) is 5.91 Å². The first-order chi connectivity index (χ1) is 18.2. The summed E-state index contributed by atoms with van der Waals surface area (Å²) >= 11 is 0. The van der Waals surface area contributed by atoms with Crippen LogP contribution in [0.1, 0.15) is 24.2 Å². The molecule has 0 saturated heterocycles. The molecule has 37 heavy (non-hydrogen) atoms. The molecule has 0 aliphatic heterocycles. The number of carbonyl (C=O) groups excluding carboxylic acids is 1. The Kier molecular flexibility index (Phi) is 7.13. The molecule has 1 amide bonds. The molecular formula is C26H28N10O. The summed E-state index contributed by atoms with van der Waals surface area (Å²) in [6.07, 6.45) is 5.44. The van der Waals surface area contributed by atoms with Gasteiger partial charge in [0, 0.05) is 47.9 Å². The van der Waals surface area contributed by atoms with Gasteiger partial charge in [-0.05, 0) is 42.6 Å². The van der Waals surface area contributed by atoms with Gasteiger partial charge in [0.2, 0.25) is 5.82 Å². The summed E-state index contributed by atoms with van der Waals surface area (Å²) in [5.41, 5.74) is 4.86. The van der Waals surface area contributed by atoms with Gasteiger partial charge >= 0.3 is 0 Å². The summed E-state index contributed by atoms with van der Waals surface area (Å²) in [6, 6.07) is 15.2. The Morgan fingerprint density at radius 1 is 1.00 bits per heavy atom. The fourth-order valence-electron chi connectivity index (χ4n) is 4.11. The van der Waals surface area contributed by atoms with Crippen molar-refractivity contribution in [3.63, 3.8) is 0 Å². The van der Waals surface area contributed by atoms with E-state index in [-0.39, 0.29) is 5.91 Å². The third kappa shape index (κ3) is 5.31. The second-order valence-corrected chi connectivity index (χ2v) is 8.41. The summed E-state index contributed by atoms with van der Waals surface area (Å²) in [6.45, 7) is 7.64. The van der Waals surface area contributed by atoms with Gasteiger partial charge in [-0.2, -0.15) is 5.21 Å². The first-order valence-corrected chi connectivity index (χ1v) is 12.2. The van der Waals surface area contributed by atoms with E-state index in [2.05, 4.69) is 60.0 Å². The first kappa shape index (κ1) is 24.1. The molecule has 2 aromatic carbocycles. The van der Waals surface area contributed by atoms with Gasteiger partial charge < -0.3 is 15.5 Å². The van der Waals surface area contributed by atoms with Gasteiger partial charge in [-0.15, -0.1) is 10.2 Å². The molecule has 3 aromatic heterocycles. The highest BCUT2D eigenvalue weighted by Crippen LogP contribution is 2.27. The number of likely N-dealkylation sites (N-methyl/N-ethyl adjacent to an activating group) is 1. The van der Waals surface area contributed by atoms with E-state index in [0.717, 1.165) is 42.1 Å². The molecule has 3 heterocycles. The number of hydrogen-bond donors (Lipinski definition) is 3. The quantitative estimate of drug-likeness (QED) is 0.268. The number of H-pyrrole nitrogens is 1. The predicted molar refractivity (Wildman–Crippen MR) is 141 cm³/mol. The van der Waals surface area contributed by atoms with Crippen molar-refractivity contribution >= 4 is 23.1 Å². The van der Waals surface area contributed by atoms with Crippen molar-refractivity contribution in [3.05, 3.63) is 72.7 Å². The predicted octanol–water partition coefficient (Wildman–Crippen LogP) is 3.39. The van der Waals surface area contributed by atoms with Gasteiger partial charge in [-0.1, -0.05) is 38.1 Å². The Bertz CT molecular complexity index is 1460. The van der Waals surface area contributed by atoms with Crippen molar-refractivity contribution in [2.75, 3.05) is 31.5 Å². The number of aromatic nitrogens is 7. The third-order valence-corrected chi connectivity index (χ3v) is 6.23. The van der Waals surface area contributed by atoms with E-state index in [1.165, 1.54) is 0 Å². The lowest BCUT2D eigenvalue weighted by Gasteiger charge is -2.18. The van der Waals surface area contributed by atoms with Crippen LogP contribution >= 0.6 is 0 Å². The molecule has 0 aliphatic carbocycles. The summed E-state index contributed by atoms with van der Waals surface area (Å²) in [4.78, 5) is 23.9. The molecule has 5 aromatic rings. The maximum Gasteiger partial charge on any atom is 0.251 e. The monoisotopic (exact) mass is 496 g/mol. The van der Waals surface area contributed by atoms with Gasteiger partial charge in [-0.3, -0.25) is 9.20 Å². The fraction of sp³-hybridized carbons (Fsp3) is 0.231. The summed E-state index contributed by atoms with van der Waals surface area (Å²) in [5, 5.41) is 20.4. The van der Waals surface area contributed by atoms with Crippen molar-refractivity contribution in [1.82, 2.24) is 45.2 Å². The van der Waals surface area contributed by atoms with Crippen molar-refractivity contribution in [2.24, 2.45) is 0 Å². The number of nitrogens with zero attached hydrogens (tertiary/aromatic N) is 7. The fourth-order valence-corrected chi connectivity index (χ4v) is 4.11. The minimum atomic E-state index is -0.0813. The van der Waals surface area contributed by atoms with E-state index in [0.29, 0.717) is 29.4 Å². The Hall–Kier alpha value is -4.64. The highest BCUT2D eigenvalue weighted by atomic mass is 16.1. The maximum atomic E-state index is 12.5. The Labute approximate surface area is 214 Å². The Morgan fingerprint density at radius 3 is 2.46 bits per heavy atom. The summed E-state index contributed by atoms with van der Waals surface area (Å²) < 4.78 is 1.98. The highest BCUT2D eigenvalue weighted by molar-refractivity contribution is 5.94. The van der Waals surface area contributed by atoms with E-state index < -0.39 is 0 Å². The van der Waals surface area contributed by atoms with Gasteiger partial charge in [-0.25, -0.2) is 9.97 Å². The van der Waals surface area contributed by atoms with Crippen molar-refractivity contribution in [1.29, 1.82) is 0 Å². The minimum Gasteiger partial charge on any atom is -0.351 e. The van der Waals surface area contributed by atoms with Crippen molar-refractivity contribution < 1.29 is 4.79 Å². The molecule has 0 unspecified atom stereocenters. The van der Waals surface area contributed by atoms with Gasteiger partial charge in [0.05, 0.1) is 11.9 Å². The molecule has 0 bridgehead atoms. The maximum absolute atomic E-state index is 12.5. The molecule has 5 rings (SSSR count). The zero-order valence-electron chi connectivity index (χ0n) is 20.7. The SMILES string of the molecule is CCN(CC)CCNC(=O)c1ccc(Nc2ncc(-c3ccc(-c4nn[nH]n4)cc3)n3ccnc23)cc1. The van der Waals surface area contributed by atoms with E-state index in [1.54, 1.807) is 24.5 Å². The van der Waals surface area contributed by atoms with Crippen LogP contribution < -0.4 is 10.6 Å². The van der Waals surface area contributed by atoms with Crippen LogP contribution in [0.25, 0.3) is 28.3 Å². The largest absolute Gasteiger partial charge is 0.351 e. The lowest BCUT2D eigenvalue weighted by atomic mass is 10.1. The number of tetrazole rings is 1. The zero-order valence-corrected chi connectivity index (χ0v) is 20.7. The molecule has 0 saturated carbocycles. The molecular weight excluding hydrogens is 468 g/mol. The number of benzene rings is 2. The standard InChI is InChI=1S/C26H28N10O/c1-3-35(4-2)15-13-28-26(37)20-9-11-21(12-10-20)30-24-25-27-14-16-36(25)22(17-29-24)18-5-7-19(8-6-18)23-31-33-34-32-23/h5-12,14,16-17H,3-4,13,15H2,1-2H3,(H,28,37)(H,29,30)(H,31,32,33,34). The number of nitrogens with one attached hydrogen (secondary N) is 3. The molecule has 188 valence electrons. The van der Waals surface area contributed by atoms with Gasteiger partial charge in [0.15, 0.2) is 11.5 Å². The molecule has 11 nitrogen and oxygen atoms in total. The minimum absolute atomic E-state index is 0.0813. The van der Waals surface area contributed by atoms with Gasteiger partial charge in [0.1, 0.15) is 0 Å². The second kappa shape index (κ2) is 11.0. The molecule has 11 heteroatoms. The van der Waals surface area contributed by atoms with Crippen LogP contribution in [-0.4, -0.2) is 72.0 Å². The van der Waals surface area contributed by atoms with Crippen LogP contribution in [0, 0.1) is 0 Å². The van der Waals surface area contributed by atoms with E-state index in [9.17, 15) is 4.79 Å². The van der Waals surface area contributed by atoms with E-state index >= 15 is 0 Å². The van der Waals surface area contributed by atoms with Crippen molar-refractivity contribution in [3.8, 4) is 22.6 Å².